The summed E-state index contributed by atoms with van der Waals surface area (Å²) in [7, 11) is 0. The van der Waals surface area contributed by atoms with Gasteiger partial charge in [0.05, 0.1) is 5.92 Å². The highest BCUT2D eigenvalue weighted by Crippen LogP contribution is 2.28. The second-order valence-electron chi connectivity index (χ2n) is 7.72. The summed E-state index contributed by atoms with van der Waals surface area (Å²) in [6.07, 6.45) is 0.103. The zero-order chi connectivity index (χ0) is 22.7. The van der Waals surface area contributed by atoms with E-state index in [1.54, 1.807) is 53.4 Å². The monoisotopic (exact) mass is 447 g/mol. The molecule has 2 N–H and O–H groups in total. The molecule has 3 aromatic carbocycles. The number of benzene rings is 3. The molecule has 3 aromatic rings. The van der Waals surface area contributed by atoms with E-state index in [1.165, 1.54) is 0 Å². The van der Waals surface area contributed by atoms with Crippen LogP contribution >= 0.6 is 11.6 Å². The minimum absolute atomic E-state index is 0.103. The van der Waals surface area contributed by atoms with Gasteiger partial charge in [0.15, 0.2) is 0 Å². The Bertz CT molecular complexity index is 1180. The third kappa shape index (κ3) is 4.81. The number of nitrogens with zero attached hydrogens (tertiary/aromatic N) is 1. The van der Waals surface area contributed by atoms with Gasteiger partial charge in [0, 0.05) is 40.6 Å². The van der Waals surface area contributed by atoms with Crippen LogP contribution in [0, 0.1) is 12.8 Å². The summed E-state index contributed by atoms with van der Waals surface area (Å²) in [5, 5.41) is 6.24. The van der Waals surface area contributed by atoms with Crippen molar-refractivity contribution in [2.45, 2.75) is 13.3 Å². The minimum atomic E-state index is -0.498. The molecule has 3 amide bonds. The second kappa shape index (κ2) is 9.24. The highest BCUT2D eigenvalue weighted by Gasteiger charge is 2.35. The lowest BCUT2D eigenvalue weighted by Crippen LogP contribution is -2.28. The Hall–Kier alpha value is -3.64. The fraction of sp³-hybridized carbons (Fsp3) is 0.160. The van der Waals surface area contributed by atoms with Crippen LogP contribution in [0.4, 0.5) is 17.1 Å². The van der Waals surface area contributed by atoms with E-state index in [-0.39, 0.29) is 30.7 Å². The smallest absolute Gasteiger partial charge is 0.255 e. The number of para-hydroxylation sites is 1. The van der Waals surface area contributed by atoms with Crippen LogP contribution in [-0.4, -0.2) is 24.3 Å². The van der Waals surface area contributed by atoms with Gasteiger partial charge in [0.25, 0.3) is 5.91 Å². The van der Waals surface area contributed by atoms with Crippen molar-refractivity contribution >= 4 is 46.4 Å². The second-order valence-corrected chi connectivity index (χ2v) is 8.16. The summed E-state index contributed by atoms with van der Waals surface area (Å²) in [6, 6.07) is 21.3. The van der Waals surface area contributed by atoms with Crippen LogP contribution in [0.3, 0.4) is 0 Å². The fourth-order valence-corrected chi connectivity index (χ4v) is 3.81. The molecule has 0 aromatic heterocycles. The molecule has 162 valence electrons. The first-order valence-corrected chi connectivity index (χ1v) is 10.6. The number of carbonyl (C=O) groups is 3. The molecule has 32 heavy (non-hydrogen) atoms. The minimum Gasteiger partial charge on any atom is -0.325 e. The van der Waals surface area contributed by atoms with E-state index in [4.69, 9.17) is 11.6 Å². The van der Waals surface area contributed by atoms with Gasteiger partial charge >= 0.3 is 0 Å². The number of hydrogen-bond donors (Lipinski definition) is 2. The molecule has 1 aliphatic rings. The molecule has 0 bridgehead atoms. The van der Waals surface area contributed by atoms with Crippen molar-refractivity contribution < 1.29 is 14.4 Å². The van der Waals surface area contributed by atoms with Crippen LogP contribution in [0.1, 0.15) is 22.3 Å². The van der Waals surface area contributed by atoms with E-state index < -0.39 is 5.92 Å². The van der Waals surface area contributed by atoms with Crippen molar-refractivity contribution in [3.8, 4) is 0 Å². The van der Waals surface area contributed by atoms with Crippen LogP contribution in [0.5, 0.6) is 0 Å². The number of amides is 3. The van der Waals surface area contributed by atoms with Gasteiger partial charge in [-0.2, -0.15) is 0 Å². The molecule has 0 saturated carbocycles. The summed E-state index contributed by atoms with van der Waals surface area (Å²) in [5.41, 5.74) is 3.23. The summed E-state index contributed by atoms with van der Waals surface area (Å²) in [4.78, 5) is 39.6. The number of nitrogens with one attached hydrogen (secondary N) is 2. The molecule has 1 aliphatic heterocycles. The maximum Gasteiger partial charge on any atom is 0.255 e. The van der Waals surface area contributed by atoms with Gasteiger partial charge in [0.1, 0.15) is 0 Å². The zero-order valence-electron chi connectivity index (χ0n) is 17.5. The molecular formula is C25H22ClN3O3. The van der Waals surface area contributed by atoms with Gasteiger partial charge in [-0.05, 0) is 55.0 Å². The molecule has 1 heterocycles. The lowest BCUT2D eigenvalue weighted by molar-refractivity contribution is -0.122. The van der Waals surface area contributed by atoms with Crippen molar-refractivity contribution in [3.05, 3.63) is 88.9 Å². The van der Waals surface area contributed by atoms with Crippen molar-refractivity contribution in [2.75, 3.05) is 22.1 Å². The summed E-state index contributed by atoms with van der Waals surface area (Å²) in [5.74, 6) is -1.16. The average molecular weight is 448 g/mol. The molecule has 0 aliphatic carbocycles. The first-order valence-electron chi connectivity index (χ1n) is 10.2. The molecule has 1 saturated heterocycles. The lowest BCUT2D eigenvalue weighted by Gasteiger charge is -2.18. The van der Waals surface area contributed by atoms with Crippen LogP contribution in [0.15, 0.2) is 72.8 Å². The first-order chi connectivity index (χ1) is 15.4. The van der Waals surface area contributed by atoms with Crippen molar-refractivity contribution in [1.82, 2.24) is 0 Å². The van der Waals surface area contributed by atoms with Gasteiger partial charge < -0.3 is 15.5 Å². The molecule has 7 heteroatoms. The number of rotatable bonds is 5. The van der Waals surface area contributed by atoms with Gasteiger partial charge in [-0.1, -0.05) is 41.9 Å². The number of aryl methyl sites for hydroxylation is 1. The Labute approximate surface area is 191 Å². The maximum absolute atomic E-state index is 12.8. The summed E-state index contributed by atoms with van der Waals surface area (Å²) in [6.45, 7) is 2.12. The molecule has 0 unspecified atom stereocenters. The van der Waals surface area contributed by atoms with Gasteiger partial charge in [-0.25, -0.2) is 0 Å². The van der Waals surface area contributed by atoms with Gasteiger partial charge in [0.2, 0.25) is 11.8 Å². The summed E-state index contributed by atoms with van der Waals surface area (Å²) >= 11 is 6.03. The number of hydrogen-bond acceptors (Lipinski definition) is 3. The molecule has 0 spiro atoms. The maximum atomic E-state index is 12.8. The van der Waals surface area contributed by atoms with Crippen LogP contribution < -0.4 is 15.5 Å². The lowest BCUT2D eigenvalue weighted by atomic mass is 10.1. The van der Waals surface area contributed by atoms with Crippen molar-refractivity contribution in [3.63, 3.8) is 0 Å². The van der Waals surface area contributed by atoms with E-state index >= 15 is 0 Å². The SMILES string of the molecule is Cc1ccc(Cl)cc1NC(=O)[C@H]1CC(=O)N(c2cccc(C(=O)Nc3ccccc3)c2)C1. The molecular weight excluding hydrogens is 426 g/mol. The third-order valence-electron chi connectivity index (χ3n) is 5.40. The topological polar surface area (TPSA) is 78.5 Å². The van der Waals surface area contributed by atoms with E-state index in [0.29, 0.717) is 27.6 Å². The largest absolute Gasteiger partial charge is 0.325 e. The Morgan fingerprint density at radius 1 is 0.969 bits per heavy atom. The Morgan fingerprint density at radius 3 is 2.53 bits per heavy atom. The molecule has 0 radical (unpaired) electrons. The molecule has 1 atom stereocenters. The number of anilines is 3. The number of carbonyl (C=O) groups excluding carboxylic acids is 3. The van der Waals surface area contributed by atoms with E-state index in [9.17, 15) is 14.4 Å². The highest BCUT2D eigenvalue weighted by molar-refractivity contribution is 6.31. The van der Waals surface area contributed by atoms with Crippen LogP contribution in [0.25, 0.3) is 0 Å². The number of halogens is 1. The first kappa shape index (κ1) is 21.6. The van der Waals surface area contributed by atoms with Crippen molar-refractivity contribution in [2.24, 2.45) is 5.92 Å². The van der Waals surface area contributed by atoms with E-state index in [0.717, 1.165) is 5.56 Å². The Morgan fingerprint density at radius 2 is 1.75 bits per heavy atom. The fourth-order valence-electron chi connectivity index (χ4n) is 3.64. The van der Waals surface area contributed by atoms with Gasteiger partial charge in [-0.15, -0.1) is 0 Å². The standard InChI is InChI=1S/C25H22ClN3O3/c1-16-10-11-19(26)14-22(16)28-25(32)18-13-23(30)29(15-18)21-9-5-6-17(12-21)24(31)27-20-7-3-2-4-8-20/h2-12,14,18H,13,15H2,1H3,(H,27,31)(H,28,32)/t18-/m0/s1. The Kier molecular flexibility index (Phi) is 6.23. The quantitative estimate of drug-likeness (QED) is 0.584. The molecule has 6 nitrogen and oxygen atoms in total. The normalized spacial score (nSPS) is 15.5. The van der Waals surface area contributed by atoms with E-state index in [2.05, 4.69) is 10.6 Å². The van der Waals surface area contributed by atoms with Crippen LogP contribution in [0.2, 0.25) is 5.02 Å². The molecule has 1 fully saturated rings. The van der Waals surface area contributed by atoms with Gasteiger partial charge in [-0.3, -0.25) is 14.4 Å². The summed E-state index contributed by atoms with van der Waals surface area (Å²) < 4.78 is 0. The molecule has 4 rings (SSSR count). The average Bonchev–Trinajstić information content (AvgIpc) is 3.19. The predicted molar refractivity (Wildman–Crippen MR) is 126 cm³/mol. The van der Waals surface area contributed by atoms with Crippen LogP contribution in [-0.2, 0) is 9.59 Å². The predicted octanol–water partition coefficient (Wildman–Crippen LogP) is 4.89. The highest BCUT2D eigenvalue weighted by atomic mass is 35.5. The van der Waals surface area contributed by atoms with E-state index in [1.807, 2.05) is 31.2 Å². The Balaban J connectivity index is 1.46. The van der Waals surface area contributed by atoms with Crippen molar-refractivity contribution in [1.29, 1.82) is 0 Å². The zero-order valence-corrected chi connectivity index (χ0v) is 18.2. The third-order valence-corrected chi connectivity index (χ3v) is 5.64.